The molecule has 96 valence electrons. The fourth-order valence-corrected chi connectivity index (χ4v) is 2.06. The topological polar surface area (TPSA) is 21.3 Å². The summed E-state index contributed by atoms with van der Waals surface area (Å²) in [5.74, 6) is 0.705. The van der Waals surface area contributed by atoms with Crippen LogP contribution >= 0.6 is 15.9 Å². The summed E-state index contributed by atoms with van der Waals surface area (Å²) in [5.41, 5.74) is 2.50. The van der Waals surface area contributed by atoms with Crippen LogP contribution in [0.3, 0.4) is 0 Å². The third-order valence-electron chi connectivity index (χ3n) is 2.60. The van der Waals surface area contributed by atoms with Crippen LogP contribution in [0.15, 0.2) is 22.7 Å². The zero-order chi connectivity index (χ0) is 12.7. The molecule has 0 amide bonds. The van der Waals surface area contributed by atoms with Crippen LogP contribution in [-0.2, 0) is 17.9 Å². The van der Waals surface area contributed by atoms with Gasteiger partial charge in [-0.15, -0.1) is 0 Å². The number of rotatable bonds is 7. The lowest BCUT2D eigenvalue weighted by Gasteiger charge is -2.09. The van der Waals surface area contributed by atoms with Gasteiger partial charge in [0, 0.05) is 17.6 Å². The first-order valence-electron chi connectivity index (χ1n) is 6.13. The number of hydrogen-bond acceptors (Lipinski definition) is 2. The molecular formula is C14H22BrNO. The van der Waals surface area contributed by atoms with Crippen LogP contribution in [0, 0.1) is 5.92 Å². The van der Waals surface area contributed by atoms with Gasteiger partial charge in [-0.05, 0) is 36.6 Å². The minimum Gasteiger partial charge on any atom is -0.377 e. The van der Waals surface area contributed by atoms with E-state index in [2.05, 4.69) is 53.3 Å². The van der Waals surface area contributed by atoms with E-state index in [-0.39, 0.29) is 0 Å². The first-order valence-corrected chi connectivity index (χ1v) is 6.92. The minimum atomic E-state index is 0.688. The van der Waals surface area contributed by atoms with E-state index >= 15 is 0 Å². The molecule has 17 heavy (non-hydrogen) atoms. The largest absolute Gasteiger partial charge is 0.377 e. The lowest BCUT2D eigenvalue weighted by Crippen LogP contribution is -2.05. The van der Waals surface area contributed by atoms with E-state index in [0.29, 0.717) is 12.5 Å². The second-order valence-electron chi connectivity index (χ2n) is 4.69. The zero-order valence-electron chi connectivity index (χ0n) is 10.9. The van der Waals surface area contributed by atoms with E-state index < -0.39 is 0 Å². The summed E-state index contributed by atoms with van der Waals surface area (Å²) in [7, 11) is 1.96. The Morgan fingerprint density at radius 2 is 2.12 bits per heavy atom. The lowest BCUT2D eigenvalue weighted by molar-refractivity contribution is 0.110. The molecule has 0 saturated carbocycles. The molecule has 0 spiro atoms. The summed E-state index contributed by atoms with van der Waals surface area (Å²) >= 11 is 3.59. The molecule has 1 rings (SSSR count). The van der Waals surface area contributed by atoms with Crippen molar-refractivity contribution in [3.05, 3.63) is 33.8 Å². The molecule has 0 unspecified atom stereocenters. The van der Waals surface area contributed by atoms with Crippen molar-refractivity contribution in [3.63, 3.8) is 0 Å². The van der Waals surface area contributed by atoms with Gasteiger partial charge >= 0.3 is 0 Å². The van der Waals surface area contributed by atoms with Crippen molar-refractivity contribution < 1.29 is 4.74 Å². The van der Waals surface area contributed by atoms with Crippen molar-refractivity contribution >= 4 is 15.9 Å². The monoisotopic (exact) mass is 299 g/mol. The highest BCUT2D eigenvalue weighted by Gasteiger charge is 2.02. The van der Waals surface area contributed by atoms with Crippen molar-refractivity contribution in [2.45, 2.75) is 33.4 Å². The van der Waals surface area contributed by atoms with Gasteiger partial charge in [-0.1, -0.05) is 41.9 Å². The van der Waals surface area contributed by atoms with Crippen LogP contribution < -0.4 is 5.32 Å². The molecule has 0 saturated heterocycles. The van der Waals surface area contributed by atoms with Gasteiger partial charge in [0.1, 0.15) is 0 Å². The van der Waals surface area contributed by atoms with Gasteiger partial charge in [-0.2, -0.15) is 0 Å². The van der Waals surface area contributed by atoms with Crippen LogP contribution in [-0.4, -0.2) is 13.7 Å². The Labute approximate surface area is 113 Å². The van der Waals surface area contributed by atoms with Crippen molar-refractivity contribution in [3.8, 4) is 0 Å². The Bertz CT molecular complexity index is 339. The Morgan fingerprint density at radius 1 is 1.35 bits per heavy atom. The number of nitrogens with one attached hydrogen (secondary N) is 1. The average molecular weight is 300 g/mol. The quantitative estimate of drug-likeness (QED) is 0.775. The summed E-state index contributed by atoms with van der Waals surface area (Å²) in [6.45, 7) is 6.85. The SMILES string of the molecule is CNCc1ccc(COCCC(C)C)c(Br)c1. The minimum absolute atomic E-state index is 0.688. The third kappa shape index (κ3) is 5.66. The van der Waals surface area contributed by atoms with E-state index in [9.17, 15) is 0 Å². The first-order chi connectivity index (χ1) is 8.13. The highest BCUT2D eigenvalue weighted by molar-refractivity contribution is 9.10. The van der Waals surface area contributed by atoms with Gasteiger partial charge in [0.25, 0.3) is 0 Å². The number of hydrogen-bond donors (Lipinski definition) is 1. The van der Waals surface area contributed by atoms with Crippen LogP contribution in [0.2, 0.25) is 0 Å². The molecular weight excluding hydrogens is 278 g/mol. The summed E-state index contributed by atoms with van der Waals surface area (Å²) < 4.78 is 6.80. The van der Waals surface area contributed by atoms with Gasteiger partial charge in [0.15, 0.2) is 0 Å². The standard InChI is InChI=1S/C14H22BrNO/c1-11(2)6-7-17-10-13-5-4-12(9-16-3)8-14(13)15/h4-5,8,11,16H,6-7,9-10H2,1-3H3. The van der Waals surface area contributed by atoms with E-state index in [1.54, 1.807) is 0 Å². The Balaban J connectivity index is 2.43. The summed E-state index contributed by atoms with van der Waals surface area (Å²) in [6, 6.07) is 6.42. The maximum atomic E-state index is 5.67. The number of ether oxygens (including phenoxy) is 1. The second-order valence-corrected chi connectivity index (χ2v) is 5.55. The zero-order valence-corrected chi connectivity index (χ0v) is 12.5. The molecule has 0 aliphatic heterocycles. The molecule has 1 aromatic carbocycles. The Hall–Kier alpha value is -0.380. The smallest absolute Gasteiger partial charge is 0.0727 e. The molecule has 0 atom stereocenters. The van der Waals surface area contributed by atoms with E-state index in [0.717, 1.165) is 24.0 Å². The molecule has 0 heterocycles. The van der Waals surface area contributed by atoms with E-state index in [4.69, 9.17) is 4.74 Å². The van der Waals surface area contributed by atoms with E-state index in [1.807, 2.05) is 7.05 Å². The highest BCUT2D eigenvalue weighted by Crippen LogP contribution is 2.19. The molecule has 1 aromatic rings. The first kappa shape index (κ1) is 14.7. The predicted molar refractivity (Wildman–Crippen MR) is 76.0 cm³/mol. The van der Waals surface area contributed by atoms with E-state index in [1.165, 1.54) is 11.1 Å². The molecule has 0 aliphatic rings. The normalized spacial score (nSPS) is 11.1. The van der Waals surface area contributed by atoms with Crippen molar-refractivity contribution in [1.29, 1.82) is 0 Å². The molecule has 0 aromatic heterocycles. The molecule has 0 aliphatic carbocycles. The molecule has 0 fully saturated rings. The summed E-state index contributed by atoms with van der Waals surface area (Å²) in [5, 5.41) is 3.14. The fourth-order valence-electron chi connectivity index (χ4n) is 1.52. The molecule has 0 radical (unpaired) electrons. The molecule has 1 N–H and O–H groups in total. The summed E-state index contributed by atoms with van der Waals surface area (Å²) in [6.07, 6.45) is 1.12. The predicted octanol–water partition coefficient (Wildman–Crippen LogP) is 3.73. The summed E-state index contributed by atoms with van der Waals surface area (Å²) in [4.78, 5) is 0. The van der Waals surface area contributed by atoms with Crippen molar-refractivity contribution in [2.75, 3.05) is 13.7 Å². The Kier molecular flexibility index (Phi) is 6.78. The number of benzene rings is 1. The van der Waals surface area contributed by atoms with Crippen LogP contribution in [0.4, 0.5) is 0 Å². The third-order valence-corrected chi connectivity index (χ3v) is 3.33. The van der Waals surface area contributed by atoms with Crippen LogP contribution in [0.25, 0.3) is 0 Å². The van der Waals surface area contributed by atoms with Crippen LogP contribution in [0.1, 0.15) is 31.4 Å². The maximum Gasteiger partial charge on any atom is 0.0727 e. The van der Waals surface area contributed by atoms with Gasteiger partial charge < -0.3 is 10.1 Å². The van der Waals surface area contributed by atoms with Gasteiger partial charge in [0.05, 0.1) is 6.61 Å². The van der Waals surface area contributed by atoms with Gasteiger partial charge in [-0.3, -0.25) is 0 Å². The average Bonchev–Trinajstić information content (AvgIpc) is 2.27. The molecule has 3 heteroatoms. The van der Waals surface area contributed by atoms with Gasteiger partial charge in [0.2, 0.25) is 0 Å². The van der Waals surface area contributed by atoms with Crippen LogP contribution in [0.5, 0.6) is 0 Å². The maximum absolute atomic E-state index is 5.67. The second kappa shape index (κ2) is 7.85. The molecule has 0 bridgehead atoms. The lowest BCUT2D eigenvalue weighted by atomic mass is 10.1. The molecule has 2 nitrogen and oxygen atoms in total. The Morgan fingerprint density at radius 3 is 2.71 bits per heavy atom. The highest BCUT2D eigenvalue weighted by atomic mass is 79.9. The fraction of sp³-hybridized carbons (Fsp3) is 0.571. The van der Waals surface area contributed by atoms with Gasteiger partial charge in [-0.25, -0.2) is 0 Å². The van der Waals surface area contributed by atoms with Crippen molar-refractivity contribution in [1.82, 2.24) is 5.32 Å². The van der Waals surface area contributed by atoms with Crippen molar-refractivity contribution in [2.24, 2.45) is 5.92 Å². The number of halogens is 1.